The maximum atomic E-state index is 13.9. The Morgan fingerprint density at radius 3 is 2.78 bits per heavy atom. The zero-order valence-corrected chi connectivity index (χ0v) is 16.1. The second-order valence-electron chi connectivity index (χ2n) is 6.23. The average Bonchev–Trinajstić information content (AvgIpc) is 2.66. The molecule has 0 saturated heterocycles. The van der Waals surface area contributed by atoms with Gasteiger partial charge in [0, 0.05) is 31.3 Å². The molecule has 0 aliphatic heterocycles. The lowest BCUT2D eigenvalue weighted by atomic mass is 10.2. The number of hydrogen-bond acceptors (Lipinski definition) is 6. The SMILES string of the molecule is CC(C)OCCCn1c(SCc2ccccc2F)nc2nccnc2c1=O. The largest absolute Gasteiger partial charge is 0.379 e. The molecule has 0 N–H and O–H groups in total. The van der Waals surface area contributed by atoms with Crippen LogP contribution in [0.3, 0.4) is 0 Å². The maximum absolute atomic E-state index is 13.9. The van der Waals surface area contributed by atoms with Crippen LogP contribution in [0.2, 0.25) is 0 Å². The monoisotopic (exact) mass is 388 g/mol. The topological polar surface area (TPSA) is 69.9 Å². The molecule has 0 fully saturated rings. The van der Waals surface area contributed by atoms with Crippen LogP contribution in [0.5, 0.6) is 0 Å². The molecular weight excluding hydrogens is 367 g/mol. The number of rotatable bonds is 8. The van der Waals surface area contributed by atoms with Crippen molar-refractivity contribution in [1.29, 1.82) is 0 Å². The van der Waals surface area contributed by atoms with Gasteiger partial charge in [-0.2, -0.15) is 0 Å². The molecule has 0 bridgehead atoms. The van der Waals surface area contributed by atoms with E-state index in [4.69, 9.17) is 4.74 Å². The molecular formula is C19H21FN4O2S. The summed E-state index contributed by atoms with van der Waals surface area (Å²) >= 11 is 1.31. The van der Waals surface area contributed by atoms with Gasteiger partial charge >= 0.3 is 0 Å². The second kappa shape index (κ2) is 9.05. The van der Waals surface area contributed by atoms with Crippen LogP contribution in [0.15, 0.2) is 46.6 Å². The second-order valence-corrected chi connectivity index (χ2v) is 7.18. The molecule has 0 radical (unpaired) electrons. The van der Waals surface area contributed by atoms with Gasteiger partial charge in [-0.25, -0.2) is 19.3 Å². The van der Waals surface area contributed by atoms with Crippen molar-refractivity contribution in [1.82, 2.24) is 19.5 Å². The van der Waals surface area contributed by atoms with Crippen molar-refractivity contribution in [3.8, 4) is 0 Å². The summed E-state index contributed by atoms with van der Waals surface area (Å²) in [4.78, 5) is 25.6. The van der Waals surface area contributed by atoms with Crippen LogP contribution in [0.4, 0.5) is 4.39 Å². The summed E-state index contributed by atoms with van der Waals surface area (Å²) in [6, 6.07) is 6.58. The third-order valence-corrected chi connectivity index (χ3v) is 4.88. The van der Waals surface area contributed by atoms with Crippen molar-refractivity contribution in [3.05, 3.63) is 58.4 Å². The highest BCUT2D eigenvalue weighted by Crippen LogP contribution is 2.23. The van der Waals surface area contributed by atoms with Crippen molar-refractivity contribution in [2.45, 2.75) is 43.8 Å². The fourth-order valence-electron chi connectivity index (χ4n) is 2.54. The summed E-state index contributed by atoms with van der Waals surface area (Å²) in [6.45, 7) is 4.93. The molecule has 0 spiro atoms. The first-order chi connectivity index (χ1) is 13.1. The van der Waals surface area contributed by atoms with E-state index < -0.39 is 0 Å². The minimum atomic E-state index is -0.273. The highest BCUT2D eigenvalue weighted by atomic mass is 32.2. The highest BCUT2D eigenvalue weighted by Gasteiger charge is 2.14. The third-order valence-electron chi connectivity index (χ3n) is 3.85. The van der Waals surface area contributed by atoms with Gasteiger partial charge in [0.2, 0.25) is 0 Å². The molecule has 8 heteroatoms. The minimum Gasteiger partial charge on any atom is -0.379 e. The zero-order chi connectivity index (χ0) is 19.2. The summed E-state index contributed by atoms with van der Waals surface area (Å²) in [6.07, 6.45) is 3.78. The Morgan fingerprint density at radius 1 is 1.22 bits per heavy atom. The van der Waals surface area contributed by atoms with E-state index in [0.29, 0.717) is 41.7 Å². The Hall–Kier alpha value is -2.32. The fourth-order valence-corrected chi connectivity index (χ4v) is 3.54. The molecule has 6 nitrogen and oxygen atoms in total. The smallest absolute Gasteiger partial charge is 0.282 e. The fraction of sp³-hybridized carbons (Fsp3) is 0.368. The first-order valence-electron chi connectivity index (χ1n) is 8.75. The molecule has 1 aromatic carbocycles. The minimum absolute atomic E-state index is 0.136. The molecule has 3 aromatic rings. The number of aromatic nitrogens is 4. The van der Waals surface area contributed by atoms with Crippen molar-refractivity contribution in [3.63, 3.8) is 0 Å². The Bertz CT molecular complexity index is 977. The van der Waals surface area contributed by atoms with Gasteiger partial charge in [0.15, 0.2) is 16.3 Å². The number of fused-ring (bicyclic) bond motifs is 1. The molecule has 0 aliphatic carbocycles. The van der Waals surface area contributed by atoms with E-state index in [0.717, 1.165) is 0 Å². The lowest BCUT2D eigenvalue weighted by Gasteiger charge is -2.13. The van der Waals surface area contributed by atoms with Crippen LogP contribution in [-0.2, 0) is 17.0 Å². The Kier molecular flexibility index (Phi) is 6.52. The number of nitrogens with zero attached hydrogens (tertiary/aromatic N) is 4. The van der Waals surface area contributed by atoms with Gasteiger partial charge < -0.3 is 4.74 Å². The van der Waals surface area contributed by atoms with Crippen LogP contribution in [0, 0.1) is 5.82 Å². The molecule has 0 amide bonds. The molecule has 2 aromatic heterocycles. The van der Waals surface area contributed by atoms with Crippen LogP contribution < -0.4 is 5.56 Å². The van der Waals surface area contributed by atoms with E-state index in [1.165, 1.54) is 30.2 Å². The number of halogens is 1. The highest BCUT2D eigenvalue weighted by molar-refractivity contribution is 7.98. The van der Waals surface area contributed by atoms with E-state index >= 15 is 0 Å². The van der Waals surface area contributed by atoms with Crippen LogP contribution in [0.25, 0.3) is 11.2 Å². The maximum Gasteiger partial charge on any atom is 0.282 e. The van der Waals surface area contributed by atoms with Crippen molar-refractivity contribution < 1.29 is 9.13 Å². The molecule has 0 atom stereocenters. The molecule has 0 saturated carbocycles. The van der Waals surface area contributed by atoms with Gasteiger partial charge in [0.05, 0.1) is 6.10 Å². The summed E-state index contributed by atoms with van der Waals surface area (Å²) in [5, 5.41) is 0.501. The lowest BCUT2D eigenvalue weighted by Crippen LogP contribution is -2.25. The predicted octanol–water partition coefficient (Wildman–Crippen LogP) is 3.43. The molecule has 3 rings (SSSR count). The Balaban J connectivity index is 1.87. The van der Waals surface area contributed by atoms with Gasteiger partial charge in [-0.05, 0) is 31.9 Å². The summed E-state index contributed by atoms with van der Waals surface area (Å²) in [7, 11) is 0. The van der Waals surface area contributed by atoms with Crippen molar-refractivity contribution in [2.24, 2.45) is 0 Å². The van der Waals surface area contributed by atoms with Gasteiger partial charge in [-0.3, -0.25) is 9.36 Å². The molecule has 2 heterocycles. The van der Waals surface area contributed by atoms with Crippen LogP contribution in [-0.4, -0.2) is 32.2 Å². The van der Waals surface area contributed by atoms with Gasteiger partial charge in [0.1, 0.15) is 5.82 Å². The molecule has 27 heavy (non-hydrogen) atoms. The number of hydrogen-bond donors (Lipinski definition) is 0. The molecule has 142 valence electrons. The molecule has 0 unspecified atom stereocenters. The first kappa shape index (κ1) is 19.4. The van der Waals surface area contributed by atoms with Gasteiger partial charge in [-0.15, -0.1) is 0 Å². The Labute approximate surface area is 160 Å². The van der Waals surface area contributed by atoms with E-state index in [1.54, 1.807) is 22.8 Å². The Morgan fingerprint density at radius 2 is 2.00 bits per heavy atom. The van der Waals surface area contributed by atoms with Gasteiger partial charge in [0.25, 0.3) is 5.56 Å². The van der Waals surface area contributed by atoms with Gasteiger partial charge in [-0.1, -0.05) is 30.0 Å². The number of thioether (sulfide) groups is 1. The van der Waals surface area contributed by atoms with Crippen molar-refractivity contribution >= 4 is 22.9 Å². The number of benzene rings is 1. The van der Waals surface area contributed by atoms with Crippen LogP contribution in [0.1, 0.15) is 25.8 Å². The van der Waals surface area contributed by atoms with E-state index in [1.807, 2.05) is 13.8 Å². The van der Waals surface area contributed by atoms with E-state index in [-0.39, 0.29) is 23.0 Å². The third kappa shape index (κ3) is 4.90. The normalized spacial score (nSPS) is 11.4. The predicted molar refractivity (Wildman–Crippen MR) is 103 cm³/mol. The number of ether oxygens (including phenoxy) is 1. The molecule has 0 aliphatic rings. The average molecular weight is 388 g/mol. The van der Waals surface area contributed by atoms with E-state index in [2.05, 4.69) is 15.0 Å². The summed E-state index contributed by atoms with van der Waals surface area (Å²) in [5.41, 5.74) is 0.852. The van der Waals surface area contributed by atoms with Crippen molar-refractivity contribution in [2.75, 3.05) is 6.61 Å². The lowest BCUT2D eigenvalue weighted by molar-refractivity contribution is 0.0743. The van der Waals surface area contributed by atoms with Crippen LogP contribution >= 0.6 is 11.8 Å². The zero-order valence-electron chi connectivity index (χ0n) is 15.3. The van der Waals surface area contributed by atoms with E-state index in [9.17, 15) is 9.18 Å². The summed E-state index contributed by atoms with van der Waals surface area (Å²) < 4.78 is 21.0. The quantitative estimate of drug-likeness (QED) is 0.334. The summed E-state index contributed by atoms with van der Waals surface area (Å²) in [5.74, 6) is 0.0951. The standard InChI is InChI=1S/C19H21FN4O2S/c1-13(2)26-11-5-10-24-18(25)16-17(22-9-8-21-16)23-19(24)27-12-14-6-3-4-7-15(14)20/h3-4,6-9,13H,5,10-12H2,1-2H3. The first-order valence-corrected chi connectivity index (χ1v) is 9.74.